The molecule has 0 aliphatic carbocycles. The first-order valence-corrected chi connectivity index (χ1v) is 11.2. The first-order valence-electron chi connectivity index (χ1n) is 10.4. The van der Waals surface area contributed by atoms with Crippen LogP contribution >= 0.6 is 11.8 Å². The number of carbonyl (C=O) groups is 2. The van der Waals surface area contributed by atoms with E-state index in [0.29, 0.717) is 12.5 Å². The van der Waals surface area contributed by atoms with Crippen molar-refractivity contribution in [3.63, 3.8) is 0 Å². The summed E-state index contributed by atoms with van der Waals surface area (Å²) in [6, 6.07) is 12.7. The van der Waals surface area contributed by atoms with Crippen molar-refractivity contribution in [2.75, 3.05) is 18.6 Å². The molecule has 2 aromatic carbocycles. The summed E-state index contributed by atoms with van der Waals surface area (Å²) >= 11 is 1.11. The lowest BCUT2D eigenvalue weighted by Gasteiger charge is -2.37. The molecule has 158 valence electrons. The highest BCUT2D eigenvalue weighted by atomic mass is 32.2. The maximum atomic E-state index is 12.3. The van der Waals surface area contributed by atoms with Gasteiger partial charge in [-0.05, 0) is 85.8 Å². The standard InChI is InChI=1S/C24H28N2O3S/c1-15(2)26-11-5-6-18-13-20(16(3)12-21(18)26)24(25-22(27)23(28)30-24)14-17-7-9-19(29-4)10-8-17/h7-10,12-13,15H,5-6,11,14H2,1-4H3,(H,25,27). The Balaban J connectivity index is 1.78. The lowest BCUT2D eigenvalue weighted by Crippen LogP contribution is -2.40. The lowest BCUT2D eigenvalue weighted by atomic mass is 9.89. The van der Waals surface area contributed by atoms with E-state index in [1.807, 2.05) is 24.3 Å². The fourth-order valence-electron chi connectivity index (χ4n) is 4.53. The van der Waals surface area contributed by atoms with E-state index in [-0.39, 0.29) is 0 Å². The Bertz CT molecular complexity index is 969. The maximum Gasteiger partial charge on any atom is 0.300 e. The van der Waals surface area contributed by atoms with Gasteiger partial charge in [-0.1, -0.05) is 18.2 Å². The van der Waals surface area contributed by atoms with E-state index in [4.69, 9.17) is 4.74 Å². The number of fused-ring (bicyclic) bond motifs is 1. The summed E-state index contributed by atoms with van der Waals surface area (Å²) in [7, 11) is 1.64. The molecule has 1 fully saturated rings. The number of hydrogen-bond donors (Lipinski definition) is 1. The van der Waals surface area contributed by atoms with Gasteiger partial charge >= 0.3 is 0 Å². The van der Waals surface area contributed by atoms with E-state index in [1.165, 1.54) is 11.3 Å². The van der Waals surface area contributed by atoms with Crippen molar-refractivity contribution in [3.05, 3.63) is 58.7 Å². The first-order chi connectivity index (χ1) is 14.3. The smallest absolute Gasteiger partial charge is 0.300 e. The van der Waals surface area contributed by atoms with Crippen molar-refractivity contribution in [1.82, 2.24) is 5.32 Å². The molecule has 2 aromatic rings. The van der Waals surface area contributed by atoms with Gasteiger partial charge in [-0.3, -0.25) is 9.59 Å². The molecule has 4 rings (SSSR count). The Hall–Kier alpha value is -2.47. The zero-order chi connectivity index (χ0) is 21.5. The van der Waals surface area contributed by atoms with Gasteiger partial charge in [0.25, 0.3) is 11.0 Å². The van der Waals surface area contributed by atoms with Gasteiger partial charge in [-0.15, -0.1) is 0 Å². The van der Waals surface area contributed by atoms with Crippen molar-refractivity contribution in [3.8, 4) is 5.75 Å². The summed E-state index contributed by atoms with van der Waals surface area (Å²) in [6.45, 7) is 7.57. The number of benzene rings is 2. The number of anilines is 1. The summed E-state index contributed by atoms with van der Waals surface area (Å²) in [4.78, 5) is 26.3. The number of thioether (sulfide) groups is 1. The van der Waals surface area contributed by atoms with E-state index in [0.717, 1.165) is 53.6 Å². The molecule has 0 spiro atoms. The second kappa shape index (κ2) is 7.99. The minimum atomic E-state index is -0.790. The van der Waals surface area contributed by atoms with Crippen LogP contribution in [0.4, 0.5) is 5.69 Å². The SMILES string of the molecule is COc1ccc(CC2(c3cc4c(cc3C)N(C(C)C)CCC4)NC(=O)C(=O)S2)cc1. The minimum absolute atomic E-state index is 0.426. The Kier molecular flexibility index (Phi) is 5.53. The zero-order valence-electron chi connectivity index (χ0n) is 18.0. The molecule has 6 heteroatoms. The monoisotopic (exact) mass is 424 g/mol. The molecule has 0 bridgehead atoms. The highest BCUT2D eigenvalue weighted by Crippen LogP contribution is 2.45. The average molecular weight is 425 g/mol. The summed E-state index contributed by atoms with van der Waals surface area (Å²) < 4.78 is 5.26. The number of nitrogens with one attached hydrogen (secondary N) is 1. The van der Waals surface area contributed by atoms with Gasteiger partial charge in [-0.25, -0.2) is 0 Å². The van der Waals surface area contributed by atoms with Crippen LogP contribution in [0.25, 0.3) is 0 Å². The molecule has 1 N–H and O–H groups in total. The molecule has 2 heterocycles. The summed E-state index contributed by atoms with van der Waals surface area (Å²) in [6.07, 6.45) is 2.65. The Morgan fingerprint density at radius 3 is 2.53 bits per heavy atom. The Morgan fingerprint density at radius 2 is 1.93 bits per heavy atom. The molecule has 1 atom stereocenters. The number of rotatable bonds is 5. The quantitative estimate of drug-likeness (QED) is 0.737. The topological polar surface area (TPSA) is 58.6 Å². The molecular weight excluding hydrogens is 396 g/mol. The van der Waals surface area contributed by atoms with E-state index in [9.17, 15) is 9.59 Å². The number of nitrogens with zero attached hydrogens (tertiary/aromatic N) is 1. The number of aryl methyl sites for hydroxylation is 2. The molecule has 30 heavy (non-hydrogen) atoms. The van der Waals surface area contributed by atoms with Gasteiger partial charge in [0.05, 0.1) is 7.11 Å². The maximum absolute atomic E-state index is 12.3. The Morgan fingerprint density at radius 1 is 1.20 bits per heavy atom. The van der Waals surface area contributed by atoms with Crippen molar-refractivity contribution in [2.24, 2.45) is 0 Å². The molecule has 5 nitrogen and oxygen atoms in total. The molecule has 0 aromatic heterocycles. The van der Waals surface area contributed by atoms with Gasteiger partial charge in [-0.2, -0.15) is 0 Å². The van der Waals surface area contributed by atoms with Crippen LogP contribution in [0.3, 0.4) is 0 Å². The number of methoxy groups -OCH3 is 1. The largest absolute Gasteiger partial charge is 0.497 e. The predicted octanol–water partition coefficient (Wildman–Crippen LogP) is 3.95. The van der Waals surface area contributed by atoms with Gasteiger partial charge in [0.15, 0.2) is 0 Å². The fourth-order valence-corrected chi connectivity index (χ4v) is 5.70. The number of amides is 1. The normalized spacial score (nSPS) is 21.0. The number of ether oxygens (including phenoxy) is 1. The van der Waals surface area contributed by atoms with Gasteiger partial charge in [0.1, 0.15) is 10.6 Å². The van der Waals surface area contributed by atoms with Crippen LogP contribution < -0.4 is 15.0 Å². The van der Waals surface area contributed by atoms with Crippen LogP contribution in [0.15, 0.2) is 36.4 Å². The van der Waals surface area contributed by atoms with Gasteiger partial charge in [0.2, 0.25) is 0 Å². The Labute approximate surface area is 182 Å². The van der Waals surface area contributed by atoms with Crippen molar-refractivity contribution < 1.29 is 14.3 Å². The molecule has 2 aliphatic rings. The van der Waals surface area contributed by atoms with Crippen molar-refractivity contribution >= 4 is 28.5 Å². The molecule has 0 saturated carbocycles. The highest BCUT2D eigenvalue weighted by Gasteiger charge is 2.47. The van der Waals surface area contributed by atoms with Gasteiger partial charge < -0.3 is 15.0 Å². The zero-order valence-corrected chi connectivity index (χ0v) is 18.8. The van der Waals surface area contributed by atoms with Crippen molar-refractivity contribution in [1.29, 1.82) is 0 Å². The first kappa shape index (κ1) is 20.8. The van der Waals surface area contributed by atoms with Crippen LogP contribution in [0.1, 0.15) is 42.5 Å². The van der Waals surface area contributed by atoms with Crippen LogP contribution in [0.5, 0.6) is 5.75 Å². The third-order valence-corrected chi connectivity index (χ3v) is 7.20. The summed E-state index contributed by atoms with van der Waals surface area (Å²) in [5.41, 5.74) is 5.72. The second-order valence-electron chi connectivity index (χ2n) is 8.38. The van der Waals surface area contributed by atoms with Crippen LogP contribution in [0, 0.1) is 6.92 Å². The number of hydrogen-bond acceptors (Lipinski definition) is 5. The lowest BCUT2D eigenvalue weighted by molar-refractivity contribution is -0.132. The van der Waals surface area contributed by atoms with Crippen LogP contribution in [-0.2, 0) is 27.3 Å². The predicted molar refractivity (Wildman–Crippen MR) is 121 cm³/mol. The average Bonchev–Trinajstić information content (AvgIpc) is 3.01. The fraction of sp³-hybridized carbons (Fsp3) is 0.417. The third-order valence-electron chi connectivity index (χ3n) is 6.02. The van der Waals surface area contributed by atoms with E-state index >= 15 is 0 Å². The molecular formula is C24H28N2O3S. The van der Waals surface area contributed by atoms with E-state index in [2.05, 4.69) is 43.1 Å². The summed E-state index contributed by atoms with van der Waals surface area (Å²) in [5, 5.41) is 2.60. The van der Waals surface area contributed by atoms with E-state index < -0.39 is 15.9 Å². The number of carbonyl (C=O) groups excluding carboxylic acids is 2. The molecule has 1 amide bonds. The molecule has 1 unspecified atom stereocenters. The molecule has 2 aliphatic heterocycles. The van der Waals surface area contributed by atoms with Gasteiger partial charge in [0, 0.05) is 24.7 Å². The molecule has 1 saturated heterocycles. The third kappa shape index (κ3) is 3.69. The second-order valence-corrected chi connectivity index (χ2v) is 9.65. The molecule has 0 radical (unpaired) electrons. The van der Waals surface area contributed by atoms with Crippen molar-refractivity contribution in [2.45, 2.75) is 50.9 Å². The summed E-state index contributed by atoms with van der Waals surface area (Å²) in [5.74, 6) is 0.264. The van der Waals surface area contributed by atoms with Crippen LogP contribution in [0.2, 0.25) is 0 Å². The minimum Gasteiger partial charge on any atom is -0.497 e. The van der Waals surface area contributed by atoms with E-state index in [1.54, 1.807) is 7.11 Å². The highest BCUT2D eigenvalue weighted by molar-refractivity contribution is 8.16. The van der Waals surface area contributed by atoms with Crippen LogP contribution in [-0.4, -0.2) is 30.7 Å².